The van der Waals surface area contributed by atoms with Crippen molar-refractivity contribution in [1.29, 1.82) is 0 Å². The maximum Gasteiger partial charge on any atom is 0.326 e. The number of hydrogen-bond acceptors (Lipinski definition) is 4. The summed E-state index contributed by atoms with van der Waals surface area (Å²) in [5, 5.41) is 8.98. The lowest BCUT2D eigenvalue weighted by Crippen LogP contribution is -2.40. The molecule has 0 aliphatic carbocycles. The van der Waals surface area contributed by atoms with Crippen LogP contribution in [0, 0.1) is 0 Å². The maximum atomic E-state index is 11.8. The third-order valence-electron chi connectivity index (χ3n) is 2.70. The number of carboxylic acids is 1. The second kappa shape index (κ2) is 6.64. The number of thioether (sulfide) groups is 1. The van der Waals surface area contributed by atoms with Crippen molar-refractivity contribution in [2.45, 2.75) is 38.6 Å². The molecule has 1 heterocycles. The topological polar surface area (TPSA) is 74.7 Å². The summed E-state index contributed by atoms with van der Waals surface area (Å²) in [6.07, 6.45) is 2.24. The molecule has 17 heavy (non-hydrogen) atoms. The average Bonchev–Trinajstić information content (AvgIpc) is 2.72. The molecule has 5 nitrogen and oxygen atoms in total. The van der Waals surface area contributed by atoms with Crippen LogP contribution in [0.15, 0.2) is 0 Å². The molecule has 1 rings (SSSR count). The Bertz CT molecular complexity index is 319. The van der Waals surface area contributed by atoms with Crippen molar-refractivity contribution in [2.24, 2.45) is 0 Å². The van der Waals surface area contributed by atoms with E-state index in [-0.39, 0.29) is 11.0 Å². The van der Waals surface area contributed by atoms with E-state index in [2.05, 4.69) is 0 Å². The van der Waals surface area contributed by atoms with Crippen molar-refractivity contribution in [3.8, 4) is 0 Å². The molecule has 0 aromatic heterocycles. The van der Waals surface area contributed by atoms with Crippen molar-refractivity contribution in [1.82, 2.24) is 4.90 Å². The summed E-state index contributed by atoms with van der Waals surface area (Å²) in [6.45, 7) is 2.03. The smallest absolute Gasteiger partial charge is 0.326 e. The summed E-state index contributed by atoms with van der Waals surface area (Å²) >= 11 is 1.20. The highest BCUT2D eigenvalue weighted by Crippen LogP contribution is 2.19. The van der Waals surface area contributed by atoms with Crippen molar-refractivity contribution in [2.75, 3.05) is 12.3 Å². The highest BCUT2D eigenvalue weighted by atomic mass is 32.2. The van der Waals surface area contributed by atoms with E-state index in [1.54, 1.807) is 0 Å². The van der Waals surface area contributed by atoms with Crippen LogP contribution >= 0.6 is 11.8 Å². The summed E-state index contributed by atoms with van der Waals surface area (Å²) < 4.78 is 0. The molecule has 0 bridgehead atoms. The molecule has 0 saturated carbocycles. The first-order chi connectivity index (χ1) is 8.02. The Labute approximate surface area is 105 Å². The van der Waals surface area contributed by atoms with Gasteiger partial charge in [-0.1, -0.05) is 11.8 Å². The maximum absolute atomic E-state index is 11.8. The number of carbonyl (C=O) groups is 3. The Hall–Kier alpha value is -1.04. The van der Waals surface area contributed by atoms with Crippen LogP contribution in [0.5, 0.6) is 0 Å². The van der Waals surface area contributed by atoms with Gasteiger partial charge in [0.2, 0.25) is 5.91 Å². The summed E-state index contributed by atoms with van der Waals surface area (Å²) in [6, 6.07) is -0.650. The fraction of sp³-hybridized carbons (Fsp3) is 0.727. The highest BCUT2D eigenvalue weighted by molar-refractivity contribution is 8.13. The third kappa shape index (κ3) is 4.38. The van der Waals surface area contributed by atoms with Gasteiger partial charge in [-0.2, -0.15) is 0 Å². The highest BCUT2D eigenvalue weighted by Gasteiger charge is 2.33. The monoisotopic (exact) mass is 259 g/mol. The second-order valence-corrected chi connectivity index (χ2v) is 5.30. The van der Waals surface area contributed by atoms with Gasteiger partial charge in [-0.05, 0) is 19.3 Å². The second-order valence-electron chi connectivity index (χ2n) is 4.03. The number of carboxylic acid groups (broad SMARTS) is 1. The number of rotatable bonds is 5. The SMILES string of the molecule is CC(=O)SCCCC(=O)N1CCC[C@H]1C(=O)O. The molecule has 0 aromatic rings. The predicted molar refractivity (Wildman–Crippen MR) is 64.7 cm³/mol. The van der Waals surface area contributed by atoms with Crippen molar-refractivity contribution in [3.05, 3.63) is 0 Å². The Morgan fingerprint density at radius 2 is 2.12 bits per heavy atom. The minimum Gasteiger partial charge on any atom is -0.480 e. The molecular weight excluding hydrogens is 242 g/mol. The number of nitrogens with zero attached hydrogens (tertiary/aromatic N) is 1. The van der Waals surface area contributed by atoms with Gasteiger partial charge in [0.05, 0.1) is 0 Å². The average molecular weight is 259 g/mol. The Kier molecular flexibility index (Phi) is 5.47. The lowest BCUT2D eigenvalue weighted by Gasteiger charge is -2.21. The van der Waals surface area contributed by atoms with E-state index in [1.165, 1.54) is 23.6 Å². The van der Waals surface area contributed by atoms with Crippen LogP contribution in [-0.2, 0) is 14.4 Å². The van der Waals surface area contributed by atoms with Gasteiger partial charge in [-0.15, -0.1) is 0 Å². The van der Waals surface area contributed by atoms with Crippen LogP contribution in [0.25, 0.3) is 0 Å². The Balaban J connectivity index is 2.32. The van der Waals surface area contributed by atoms with Crippen LogP contribution in [0.1, 0.15) is 32.6 Å². The van der Waals surface area contributed by atoms with E-state index >= 15 is 0 Å². The summed E-state index contributed by atoms with van der Waals surface area (Å²) in [5.41, 5.74) is 0. The molecule has 0 radical (unpaired) electrons. The first kappa shape index (κ1) is 14.0. The molecule has 6 heteroatoms. The Morgan fingerprint density at radius 3 is 2.71 bits per heavy atom. The zero-order valence-electron chi connectivity index (χ0n) is 9.85. The molecule has 1 N–H and O–H groups in total. The normalized spacial score (nSPS) is 19.4. The molecule has 0 aromatic carbocycles. The summed E-state index contributed by atoms with van der Waals surface area (Å²) in [7, 11) is 0. The van der Waals surface area contributed by atoms with E-state index < -0.39 is 12.0 Å². The van der Waals surface area contributed by atoms with E-state index in [4.69, 9.17) is 5.11 Å². The van der Waals surface area contributed by atoms with Crippen molar-refractivity contribution >= 4 is 28.8 Å². The van der Waals surface area contributed by atoms with Gasteiger partial charge >= 0.3 is 5.97 Å². The lowest BCUT2D eigenvalue weighted by molar-refractivity contribution is -0.148. The number of carbonyl (C=O) groups excluding carboxylic acids is 2. The van der Waals surface area contributed by atoms with Gasteiger partial charge in [-0.25, -0.2) is 4.79 Å². The predicted octanol–water partition coefficient (Wildman–Crippen LogP) is 1.12. The summed E-state index contributed by atoms with van der Waals surface area (Å²) in [5.74, 6) is -0.417. The van der Waals surface area contributed by atoms with E-state index in [0.717, 1.165) is 6.42 Å². The van der Waals surface area contributed by atoms with Crippen LogP contribution in [0.4, 0.5) is 0 Å². The van der Waals surface area contributed by atoms with E-state index in [9.17, 15) is 14.4 Å². The quantitative estimate of drug-likeness (QED) is 0.749. The van der Waals surface area contributed by atoms with E-state index in [0.29, 0.717) is 31.6 Å². The number of hydrogen-bond donors (Lipinski definition) is 1. The van der Waals surface area contributed by atoms with Gasteiger partial charge in [0, 0.05) is 25.6 Å². The van der Waals surface area contributed by atoms with Crippen LogP contribution in [0.2, 0.25) is 0 Å². The standard InChI is InChI=1S/C11H17NO4S/c1-8(13)17-7-3-5-10(14)12-6-2-4-9(12)11(15)16/h9H,2-7H2,1H3,(H,15,16)/t9-/m0/s1. The summed E-state index contributed by atoms with van der Waals surface area (Å²) in [4.78, 5) is 34.8. The first-order valence-corrected chi connectivity index (χ1v) is 6.66. The largest absolute Gasteiger partial charge is 0.480 e. The minimum atomic E-state index is -0.922. The molecule has 1 aliphatic heterocycles. The fourth-order valence-corrected chi connectivity index (χ4v) is 2.48. The molecule has 1 saturated heterocycles. The van der Waals surface area contributed by atoms with Gasteiger partial charge in [0.15, 0.2) is 5.12 Å². The molecule has 1 atom stereocenters. The number of aliphatic carboxylic acids is 1. The van der Waals surface area contributed by atoms with Gasteiger partial charge < -0.3 is 10.0 Å². The first-order valence-electron chi connectivity index (χ1n) is 5.68. The molecule has 1 amide bonds. The Morgan fingerprint density at radius 1 is 1.41 bits per heavy atom. The molecule has 0 spiro atoms. The fourth-order valence-electron chi connectivity index (χ4n) is 1.90. The van der Waals surface area contributed by atoms with Gasteiger partial charge in [-0.3, -0.25) is 9.59 Å². The minimum absolute atomic E-state index is 0.0435. The van der Waals surface area contributed by atoms with Gasteiger partial charge in [0.1, 0.15) is 6.04 Å². The van der Waals surface area contributed by atoms with Gasteiger partial charge in [0.25, 0.3) is 0 Å². The van der Waals surface area contributed by atoms with Crippen molar-refractivity contribution < 1.29 is 19.5 Å². The number of amides is 1. The van der Waals surface area contributed by atoms with Crippen LogP contribution < -0.4 is 0 Å². The molecule has 96 valence electrons. The molecule has 1 aliphatic rings. The molecule has 0 unspecified atom stereocenters. The van der Waals surface area contributed by atoms with Crippen LogP contribution in [-0.4, -0.2) is 45.3 Å². The zero-order chi connectivity index (χ0) is 12.8. The number of likely N-dealkylation sites (tertiary alicyclic amines) is 1. The third-order valence-corrected chi connectivity index (χ3v) is 3.60. The van der Waals surface area contributed by atoms with E-state index in [1.807, 2.05) is 0 Å². The zero-order valence-corrected chi connectivity index (χ0v) is 10.7. The lowest BCUT2D eigenvalue weighted by atomic mass is 10.2. The van der Waals surface area contributed by atoms with Crippen molar-refractivity contribution in [3.63, 3.8) is 0 Å². The molecule has 1 fully saturated rings. The molecular formula is C11H17NO4S. The van der Waals surface area contributed by atoms with Crippen LogP contribution in [0.3, 0.4) is 0 Å².